The number of hydrogen-bond acceptors (Lipinski definition) is 6. The molecule has 0 radical (unpaired) electrons. The maximum atomic E-state index is 11.8. The number of esters is 1. The van der Waals surface area contributed by atoms with Gasteiger partial charge in [0.15, 0.2) is 12.4 Å². The molecule has 0 fully saturated rings. The van der Waals surface area contributed by atoms with E-state index in [1.807, 2.05) is 48.9 Å². The Kier molecular flexibility index (Phi) is 4.81. The SMILES string of the molecule is Cc1cccc(C)c1-n1nnnc1COC(=O)/C=C\c1ccsc1. The smallest absolute Gasteiger partial charge is 0.331 e. The number of rotatable bonds is 5. The van der Waals surface area contributed by atoms with Crippen molar-refractivity contribution in [2.45, 2.75) is 20.5 Å². The van der Waals surface area contributed by atoms with E-state index >= 15 is 0 Å². The molecule has 3 rings (SSSR count). The van der Waals surface area contributed by atoms with Crippen LogP contribution in [0.5, 0.6) is 0 Å². The van der Waals surface area contributed by atoms with Crippen LogP contribution < -0.4 is 0 Å². The standard InChI is InChI=1S/C17H16N4O2S/c1-12-4-3-5-13(2)17(12)21-15(18-19-20-21)10-23-16(22)7-6-14-8-9-24-11-14/h3-9,11H,10H2,1-2H3/b7-6-. The van der Waals surface area contributed by atoms with Gasteiger partial charge in [-0.25, -0.2) is 4.79 Å². The van der Waals surface area contributed by atoms with Crippen LogP contribution in [0.3, 0.4) is 0 Å². The zero-order chi connectivity index (χ0) is 16.9. The maximum Gasteiger partial charge on any atom is 0.331 e. The maximum absolute atomic E-state index is 11.8. The van der Waals surface area contributed by atoms with Gasteiger partial charge in [-0.2, -0.15) is 16.0 Å². The van der Waals surface area contributed by atoms with Crippen molar-refractivity contribution in [3.05, 3.63) is 63.6 Å². The number of nitrogens with zero attached hydrogens (tertiary/aromatic N) is 4. The van der Waals surface area contributed by atoms with Gasteiger partial charge in [0.1, 0.15) is 0 Å². The van der Waals surface area contributed by atoms with Gasteiger partial charge in [0, 0.05) is 6.08 Å². The number of aromatic nitrogens is 4. The van der Waals surface area contributed by atoms with Crippen molar-refractivity contribution in [1.29, 1.82) is 0 Å². The molecule has 0 N–H and O–H groups in total. The lowest BCUT2D eigenvalue weighted by Crippen LogP contribution is -2.10. The monoisotopic (exact) mass is 340 g/mol. The first-order valence-electron chi connectivity index (χ1n) is 7.36. The van der Waals surface area contributed by atoms with Gasteiger partial charge in [-0.1, -0.05) is 18.2 Å². The van der Waals surface area contributed by atoms with Crippen molar-refractivity contribution < 1.29 is 9.53 Å². The van der Waals surface area contributed by atoms with Crippen molar-refractivity contribution in [2.24, 2.45) is 0 Å². The number of thiophene rings is 1. The van der Waals surface area contributed by atoms with E-state index in [9.17, 15) is 4.79 Å². The molecule has 3 aromatic rings. The Morgan fingerprint density at radius 2 is 2.08 bits per heavy atom. The third-order valence-corrected chi connectivity index (χ3v) is 4.19. The van der Waals surface area contributed by atoms with Crippen LogP contribution >= 0.6 is 11.3 Å². The fourth-order valence-corrected chi connectivity index (χ4v) is 2.96. The number of ether oxygens (including phenoxy) is 1. The molecular formula is C17H16N4O2S. The summed E-state index contributed by atoms with van der Waals surface area (Å²) < 4.78 is 6.85. The number of carbonyl (C=O) groups excluding carboxylic acids is 1. The highest BCUT2D eigenvalue weighted by Gasteiger charge is 2.13. The summed E-state index contributed by atoms with van der Waals surface area (Å²) in [6, 6.07) is 7.89. The van der Waals surface area contributed by atoms with Crippen LogP contribution in [0, 0.1) is 13.8 Å². The van der Waals surface area contributed by atoms with E-state index in [1.165, 1.54) is 6.08 Å². The topological polar surface area (TPSA) is 69.9 Å². The molecule has 2 aromatic heterocycles. The third kappa shape index (κ3) is 3.57. The Labute approximate surface area is 143 Å². The second kappa shape index (κ2) is 7.18. The lowest BCUT2D eigenvalue weighted by atomic mass is 10.1. The number of benzene rings is 1. The molecule has 7 heteroatoms. The van der Waals surface area contributed by atoms with Gasteiger partial charge in [-0.15, -0.1) is 5.10 Å². The van der Waals surface area contributed by atoms with E-state index in [1.54, 1.807) is 22.1 Å². The predicted molar refractivity (Wildman–Crippen MR) is 91.8 cm³/mol. The predicted octanol–water partition coefficient (Wildman–Crippen LogP) is 3.10. The summed E-state index contributed by atoms with van der Waals surface area (Å²) >= 11 is 1.57. The Hall–Kier alpha value is -2.80. The average molecular weight is 340 g/mol. The summed E-state index contributed by atoms with van der Waals surface area (Å²) in [5, 5.41) is 15.6. The number of aryl methyl sites for hydroxylation is 2. The second-order valence-electron chi connectivity index (χ2n) is 5.25. The van der Waals surface area contributed by atoms with E-state index in [4.69, 9.17) is 4.74 Å². The second-order valence-corrected chi connectivity index (χ2v) is 6.03. The Morgan fingerprint density at radius 1 is 1.29 bits per heavy atom. The summed E-state index contributed by atoms with van der Waals surface area (Å²) in [7, 11) is 0. The van der Waals surface area contributed by atoms with Gasteiger partial charge in [0.2, 0.25) is 0 Å². The molecule has 0 spiro atoms. The first-order valence-corrected chi connectivity index (χ1v) is 8.30. The Morgan fingerprint density at radius 3 is 2.79 bits per heavy atom. The van der Waals surface area contributed by atoms with Crippen LogP contribution in [0.1, 0.15) is 22.5 Å². The van der Waals surface area contributed by atoms with E-state index in [0.29, 0.717) is 5.82 Å². The van der Waals surface area contributed by atoms with Gasteiger partial charge >= 0.3 is 5.97 Å². The Bertz CT molecular complexity index is 848. The highest BCUT2D eigenvalue weighted by atomic mass is 32.1. The lowest BCUT2D eigenvalue weighted by molar-refractivity contribution is -0.139. The van der Waals surface area contributed by atoms with Crippen LogP contribution in [0.25, 0.3) is 11.8 Å². The molecule has 0 amide bonds. The summed E-state index contributed by atoms with van der Waals surface area (Å²) in [5.41, 5.74) is 3.97. The van der Waals surface area contributed by atoms with Crippen molar-refractivity contribution in [1.82, 2.24) is 20.2 Å². The fourth-order valence-electron chi connectivity index (χ4n) is 2.33. The number of tetrazole rings is 1. The number of para-hydroxylation sites is 1. The molecule has 0 aliphatic heterocycles. The summed E-state index contributed by atoms with van der Waals surface area (Å²) in [5.74, 6) is 0.0435. The van der Waals surface area contributed by atoms with Gasteiger partial charge in [-0.3, -0.25) is 0 Å². The molecule has 0 saturated heterocycles. The van der Waals surface area contributed by atoms with Crippen LogP contribution in [-0.2, 0) is 16.1 Å². The molecule has 2 heterocycles. The minimum atomic E-state index is -0.433. The highest BCUT2D eigenvalue weighted by Crippen LogP contribution is 2.18. The molecule has 1 aromatic carbocycles. The first kappa shape index (κ1) is 16.1. The van der Waals surface area contributed by atoms with Crippen molar-refractivity contribution >= 4 is 23.4 Å². The molecule has 122 valence electrons. The molecule has 0 saturated carbocycles. The van der Waals surface area contributed by atoms with Crippen LogP contribution in [0.4, 0.5) is 0 Å². The quantitative estimate of drug-likeness (QED) is 0.527. The minimum absolute atomic E-state index is 0.00752. The summed E-state index contributed by atoms with van der Waals surface area (Å²) in [6.07, 6.45) is 3.11. The molecule has 0 unspecified atom stereocenters. The zero-order valence-corrected chi connectivity index (χ0v) is 14.2. The first-order chi connectivity index (χ1) is 11.6. The average Bonchev–Trinajstić information content (AvgIpc) is 3.23. The van der Waals surface area contributed by atoms with Crippen LogP contribution in [-0.4, -0.2) is 26.2 Å². The van der Waals surface area contributed by atoms with Crippen LogP contribution in [0.15, 0.2) is 41.1 Å². The number of hydrogen-bond donors (Lipinski definition) is 0. The minimum Gasteiger partial charge on any atom is -0.454 e. The molecular weight excluding hydrogens is 324 g/mol. The van der Waals surface area contributed by atoms with E-state index in [0.717, 1.165) is 22.4 Å². The van der Waals surface area contributed by atoms with Crippen molar-refractivity contribution in [2.75, 3.05) is 0 Å². The van der Waals surface area contributed by atoms with E-state index in [-0.39, 0.29) is 6.61 Å². The zero-order valence-electron chi connectivity index (χ0n) is 13.3. The fraction of sp³-hybridized carbons (Fsp3) is 0.176. The van der Waals surface area contributed by atoms with Crippen molar-refractivity contribution in [3.8, 4) is 5.69 Å². The molecule has 0 atom stereocenters. The van der Waals surface area contributed by atoms with Gasteiger partial charge in [-0.05, 0) is 63.9 Å². The molecule has 0 aliphatic carbocycles. The molecule has 6 nitrogen and oxygen atoms in total. The molecule has 0 aliphatic rings. The molecule has 24 heavy (non-hydrogen) atoms. The lowest BCUT2D eigenvalue weighted by Gasteiger charge is -2.10. The van der Waals surface area contributed by atoms with E-state index < -0.39 is 5.97 Å². The normalized spacial score (nSPS) is 11.1. The largest absolute Gasteiger partial charge is 0.454 e. The summed E-state index contributed by atoms with van der Waals surface area (Å²) in [6.45, 7) is 3.99. The Balaban J connectivity index is 1.71. The van der Waals surface area contributed by atoms with Crippen LogP contribution in [0.2, 0.25) is 0 Å². The summed E-state index contributed by atoms with van der Waals surface area (Å²) in [4.78, 5) is 11.8. The number of carbonyl (C=O) groups is 1. The van der Waals surface area contributed by atoms with Gasteiger partial charge < -0.3 is 4.74 Å². The third-order valence-electron chi connectivity index (χ3n) is 3.48. The highest BCUT2D eigenvalue weighted by molar-refractivity contribution is 7.08. The molecule has 0 bridgehead atoms. The van der Waals surface area contributed by atoms with E-state index in [2.05, 4.69) is 15.5 Å². The van der Waals surface area contributed by atoms with Crippen molar-refractivity contribution in [3.63, 3.8) is 0 Å². The van der Waals surface area contributed by atoms with Gasteiger partial charge in [0.25, 0.3) is 0 Å². The van der Waals surface area contributed by atoms with Gasteiger partial charge in [0.05, 0.1) is 5.69 Å².